The first-order valence-corrected chi connectivity index (χ1v) is 7.86. The number of benzene rings is 1. The van der Waals surface area contributed by atoms with Gasteiger partial charge >= 0.3 is 0 Å². The second-order valence-corrected chi connectivity index (χ2v) is 6.56. The van der Waals surface area contributed by atoms with E-state index in [0.29, 0.717) is 5.56 Å². The van der Waals surface area contributed by atoms with E-state index in [4.69, 9.17) is 10.5 Å². The van der Waals surface area contributed by atoms with E-state index in [9.17, 15) is 12.8 Å². The summed E-state index contributed by atoms with van der Waals surface area (Å²) in [5.41, 5.74) is 6.02. The lowest BCUT2D eigenvalue weighted by Gasteiger charge is -2.23. The van der Waals surface area contributed by atoms with E-state index >= 15 is 0 Å². The molecule has 2 N–H and O–H groups in total. The van der Waals surface area contributed by atoms with E-state index in [1.54, 1.807) is 6.92 Å². The summed E-state index contributed by atoms with van der Waals surface area (Å²) >= 11 is 0. The van der Waals surface area contributed by atoms with E-state index in [0.717, 1.165) is 6.07 Å². The smallest absolute Gasteiger partial charge is 0.244 e. The molecule has 1 aromatic rings. The van der Waals surface area contributed by atoms with Gasteiger partial charge in [0, 0.05) is 20.2 Å². The SMILES string of the molecule is C=CCN(CCOC)S(=O)(=O)c1c(C)cc(F)c(N)c1C. The Morgan fingerprint density at radius 1 is 1.48 bits per heavy atom. The van der Waals surface area contributed by atoms with Gasteiger partial charge in [-0.1, -0.05) is 6.08 Å². The van der Waals surface area contributed by atoms with Crippen LogP contribution in [0.2, 0.25) is 0 Å². The number of halogens is 1. The monoisotopic (exact) mass is 316 g/mol. The van der Waals surface area contributed by atoms with Gasteiger partial charge in [0.15, 0.2) is 0 Å². The quantitative estimate of drug-likeness (QED) is 0.615. The predicted molar refractivity (Wildman–Crippen MR) is 81.1 cm³/mol. The first kappa shape index (κ1) is 17.6. The van der Waals surface area contributed by atoms with Crippen LogP contribution in [-0.2, 0) is 14.8 Å². The number of rotatable bonds is 7. The summed E-state index contributed by atoms with van der Waals surface area (Å²) in [7, 11) is -2.31. The van der Waals surface area contributed by atoms with Crippen molar-refractivity contribution in [3.05, 3.63) is 35.7 Å². The van der Waals surface area contributed by atoms with Gasteiger partial charge in [0.25, 0.3) is 0 Å². The Balaban J connectivity index is 3.41. The molecule has 0 saturated heterocycles. The summed E-state index contributed by atoms with van der Waals surface area (Å²) in [6.45, 7) is 7.18. The Kier molecular flexibility index (Phi) is 5.88. The molecule has 0 bridgehead atoms. The minimum absolute atomic E-state index is 0.0411. The van der Waals surface area contributed by atoms with Gasteiger partial charge in [0.1, 0.15) is 5.82 Å². The molecule has 7 heteroatoms. The minimum Gasteiger partial charge on any atom is -0.396 e. The zero-order chi connectivity index (χ0) is 16.2. The maximum Gasteiger partial charge on any atom is 0.244 e. The standard InChI is InChI=1S/C14H21FN2O3S/c1-5-6-17(7-8-20-4)21(18,19)14-10(2)9-12(15)13(16)11(14)3/h5,9H,1,6-8,16H2,2-4H3. The zero-order valence-corrected chi connectivity index (χ0v) is 13.3. The molecule has 0 amide bonds. The zero-order valence-electron chi connectivity index (χ0n) is 12.5. The number of sulfonamides is 1. The van der Waals surface area contributed by atoms with Crippen LogP contribution in [0.15, 0.2) is 23.6 Å². The summed E-state index contributed by atoms with van der Waals surface area (Å²) in [5, 5.41) is 0. The molecular weight excluding hydrogens is 295 g/mol. The molecule has 1 rings (SSSR count). The van der Waals surface area contributed by atoms with Crippen LogP contribution in [0.4, 0.5) is 10.1 Å². The third-order valence-corrected chi connectivity index (χ3v) is 5.33. The predicted octanol–water partition coefficient (Wildman–Crippen LogP) is 1.85. The molecule has 0 saturated carbocycles. The molecule has 1 aromatic carbocycles. The second-order valence-electron chi connectivity index (χ2n) is 4.69. The Labute approximate surface area is 125 Å². The molecule has 0 aliphatic rings. The van der Waals surface area contributed by atoms with Gasteiger partial charge in [-0.2, -0.15) is 4.31 Å². The van der Waals surface area contributed by atoms with Gasteiger partial charge in [0.2, 0.25) is 10.0 Å². The lowest BCUT2D eigenvalue weighted by molar-refractivity contribution is 0.182. The maximum absolute atomic E-state index is 13.6. The van der Waals surface area contributed by atoms with Gasteiger partial charge in [-0.15, -0.1) is 6.58 Å². The number of anilines is 1. The topological polar surface area (TPSA) is 72.6 Å². The summed E-state index contributed by atoms with van der Waals surface area (Å²) in [4.78, 5) is 0.0411. The molecule has 0 fully saturated rings. The molecule has 0 unspecified atom stereocenters. The maximum atomic E-state index is 13.6. The van der Waals surface area contributed by atoms with Crippen LogP contribution in [0.1, 0.15) is 11.1 Å². The third kappa shape index (κ3) is 3.61. The number of nitrogens with two attached hydrogens (primary N) is 1. The van der Waals surface area contributed by atoms with Crippen LogP contribution in [0, 0.1) is 19.7 Å². The highest BCUT2D eigenvalue weighted by molar-refractivity contribution is 7.89. The molecule has 0 atom stereocenters. The summed E-state index contributed by atoms with van der Waals surface area (Å²) in [6, 6.07) is 1.14. The fourth-order valence-corrected chi connectivity index (χ4v) is 3.94. The molecule has 0 aromatic heterocycles. The average Bonchev–Trinajstić information content (AvgIpc) is 2.40. The van der Waals surface area contributed by atoms with Crippen molar-refractivity contribution in [2.45, 2.75) is 18.7 Å². The van der Waals surface area contributed by atoms with E-state index in [1.165, 1.54) is 24.4 Å². The number of aryl methyl sites for hydroxylation is 1. The van der Waals surface area contributed by atoms with Crippen LogP contribution in [0.5, 0.6) is 0 Å². The van der Waals surface area contributed by atoms with Crippen molar-refractivity contribution < 1.29 is 17.5 Å². The number of ether oxygens (including phenoxy) is 1. The summed E-state index contributed by atoms with van der Waals surface area (Å²) in [6.07, 6.45) is 1.49. The number of hydrogen-bond acceptors (Lipinski definition) is 4. The minimum atomic E-state index is -3.80. The van der Waals surface area contributed by atoms with Gasteiger partial charge < -0.3 is 10.5 Å². The molecule has 0 heterocycles. The van der Waals surface area contributed by atoms with Crippen LogP contribution in [0.25, 0.3) is 0 Å². The van der Waals surface area contributed by atoms with E-state index in [-0.39, 0.29) is 35.8 Å². The molecule has 0 spiro atoms. The fraction of sp³-hybridized carbons (Fsp3) is 0.429. The number of hydrogen-bond donors (Lipinski definition) is 1. The van der Waals surface area contributed by atoms with Crippen LogP contribution >= 0.6 is 0 Å². The number of methoxy groups -OCH3 is 1. The third-order valence-electron chi connectivity index (χ3n) is 3.18. The molecule has 0 radical (unpaired) electrons. The van der Waals surface area contributed by atoms with Crippen LogP contribution in [-0.4, -0.2) is 39.5 Å². The fourth-order valence-electron chi connectivity index (χ4n) is 2.10. The summed E-state index contributed by atoms with van der Waals surface area (Å²) < 4.78 is 45.3. The van der Waals surface area contributed by atoms with E-state index < -0.39 is 15.8 Å². The van der Waals surface area contributed by atoms with Crippen molar-refractivity contribution in [2.75, 3.05) is 32.5 Å². The van der Waals surface area contributed by atoms with Crippen molar-refractivity contribution >= 4 is 15.7 Å². The molecular formula is C14H21FN2O3S. The van der Waals surface area contributed by atoms with E-state index in [1.807, 2.05) is 0 Å². The Bertz CT molecular complexity index is 630. The molecule has 118 valence electrons. The van der Waals surface area contributed by atoms with Crippen LogP contribution < -0.4 is 5.73 Å². The highest BCUT2D eigenvalue weighted by Gasteiger charge is 2.28. The normalized spacial score (nSPS) is 11.9. The highest BCUT2D eigenvalue weighted by Crippen LogP contribution is 2.29. The van der Waals surface area contributed by atoms with Gasteiger partial charge in [-0.3, -0.25) is 0 Å². The van der Waals surface area contributed by atoms with Crippen molar-refractivity contribution in [2.24, 2.45) is 0 Å². The van der Waals surface area contributed by atoms with Crippen molar-refractivity contribution in [1.82, 2.24) is 4.31 Å². The average molecular weight is 316 g/mol. The number of nitrogen functional groups attached to an aromatic ring is 1. The molecule has 5 nitrogen and oxygen atoms in total. The first-order valence-electron chi connectivity index (χ1n) is 6.42. The lowest BCUT2D eigenvalue weighted by Crippen LogP contribution is -2.35. The molecule has 0 aliphatic heterocycles. The van der Waals surface area contributed by atoms with E-state index in [2.05, 4.69) is 6.58 Å². The van der Waals surface area contributed by atoms with Gasteiger partial charge in [0.05, 0.1) is 17.2 Å². The Hall–Kier alpha value is -1.44. The molecule has 0 aliphatic carbocycles. The second kappa shape index (κ2) is 7.02. The number of nitrogens with zero attached hydrogens (tertiary/aromatic N) is 1. The van der Waals surface area contributed by atoms with Crippen molar-refractivity contribution in [3.8, 4) is 0 Å². The Morgan fingerprint density at radius 3 is 2.62 bits per heavy atom. The molecule has 21 heavy (non-hydrogen) atoms. The van der Waals surface area contributed by atoms with Crippen molar-refractivity contribution in [1.29, 1.82) is 0 Å². The van der Waals surface area contributed by atoms with Gasteiger partial charge in [-0.05, 0) is 31.0 Å². The first-order chi connectivity index (χ1) is 9.77. The summed E-state index contributed by atoms with van der Waals surface area (Å²) in [5.74, 6) is -0.615. The van der Waals surface area contributed by atoms with Crippen molar-refractivity contribution in [3.63, 3.8) is 0 Å². The lowest BCUT2D eigenvalue weighted by atomic mass is 10.1. The largest absolute Gasteiger partial charge is 0.396 e. The van der Waals surface area contributed by atoms with Gasteiger partial charge in [-0.25, -0.2) is 12.8 Å². The highest BCUT2D eigenvalue weighted by atomic mass is 32.2. The van der Waals surface area contributed by atoms with Crippen LogP contribution in [0.3, 0.4) is 0 Å². The Morgan fingerprint density at radius 2 is 2.10 bits per heavy atom.